The first-order valence-corrected chi connectivity index (χ1v) is 10.8. The van der Waals surface area contributed by atoms with Crippen LogP contribution in [0.5, 0.6) is 0 Å². The van der Waals surface area contributed by atoms with Gasteiger partial charge in [-0.1, -0.05) is 35.9 Å². The Bertz CT molecular complexity index is 944. The predicted octanol–water partition coefficient (Wildman–Crippen LogP) is 3.48. The molecule has 0 aromatic heterocycles. The molecule has 2 aliphatic rings. The van der Waals surface area contributed by atoms with E-state index in [0.29, 0.717) is 36.8 Å². The molecule has 2 saturated heterocycles. The molecule has 158 valence electrons. The van der Waals surface area contributed by atoms with E-state index in [1.165, 1.54) is 11.1 Å². The lowest BCUT2D eigenvalue weighted by molar-refractivity contribution is -0.133. The smallest absolute Gasteiger partial charge is 0.253 e. The maximum atomic E-state index is 13.1. The van der Waals surface area contributed by atoms with Gasteiger partial charge in [-0.15, -0.1) is 0 Å². The van der Waals surface area contributed by atoms with E-state index in [1.807, 2.05) is 40.9 Å². The number of hydrogen-bond acceptors (Lipinski definition) is 3. The van der Waals surface area contributed by atoms with E-state index in [2.05, 4.69) is 19.1 Å². The molecule has 2 aromatic rings. The second kappa shape index (κ2) is 8.40. The van der Waals surface area contributed by atoms with Gasteiger partial charge in [-0.2, -0.15) is 0 Å². The van der Waals surface area contributed by atoms with Crippen molar-refractivity contribution < 1.29 is 9.59 Å². The number of likely N-dealkylation sites (tertiary alicyclic amines) is 2. The molecule has 0 N–H and O–H groups in total. The van der Waals surface area contributed by atoms with Gasteiger partial charge >= 0.3 is 0 Å². The zero-order valence-corrected chi connectivity index (χ0v) is 18.5. The summed E-state index contributed by atoms with van der Waals surface area (Å²) in [4.78, 5) is 32.0. The third-order valence-electron chi connectivity index (χ3n) is 6.32. The predicted molar refractivity (Wildman–Crippen MR) is 119 cm³/mol. The maximum absolute atomic E-state index is 13.1. The lowest BCUT2D eigenvalue weighted by Crippen LogP contribution is -2.41. The van der Waals surface area contributed by atoms with Crippen LogP contribution < -0.4 is 0 Å². The molecule has 0 radical (unpaired) electrons. The molecule has 4 rings (SSSR count). The monoisotopic (exact) mass is 425 g/mol. The van der Waals surface area contributed by atoms with Crippen LogP contribution in [-0.2, 0) is 4.79 Å². The van der Waals surface area contributed by atoms with Crippen molar-refractivity contribution in [2.45, 2.75) is 13.0 Å². The molecule has 2 aliphatic heterocycles. The fourth-order valence-corrected chi connectivity index (χ4v) is 5.05. The number of halogens is 1. The van der Waals surface area contributed by atoms with Gasteiger partial charge < -0.3 is 14.7 Å². The number of carbonyl (C=O) groups is 2. The Kier molecular flexibility index (Phi) is 5.85. The average molecular weight is 426 g/mol. The maximum Gasteiger partial charge on any atom is 0.253 e. The molecule has 0 aliphatic carbocycles. The van der Waals surface area contributed by atoms with Crippen LogP contribution in [-0.4, -0.2) is 66.8 Å². The van der Waals surface area contributed by atoms with Crippen molar-refractivity contribution in [3.05, 3.63) is 70.2 Å². The van der Waals surface area contributed by atoms with E-state index in [4.69, 9.17) is 11.6 Å². The molecule has 2 amide bonds. The molecule has 2 fully saturated rings. The van der Waals surface area contributed by atoms with Gasteiger partial charge in [0.15, 0.2) is 0 Å². The number of rotatable bonds is 4. The molecule has 30 heavy (non-hydrogen) atoms. The van der Waals surface area contributed by atoms with Crippen molar-refractivity contribution in [1.29, 1.82) is 0 Å². The topological polar surface area (TPSA) is 43.9 Å². The van der Waals surface area contributed by atoms with E-state index in [1.54, 1.807) is 24.3 Å². The number of fused-ring (bicyclic) bond motifs is 1. The third kappa shape index (κ3) is 3.96. The summed E-state index contributed by atoms with van der Waals surface area (Å²) in [6.45, 7) is 4.54. The van der Waals surface area contributed by atoms with Gasteiger partial charge in [-0.05, 0) is 56.4 Å². The second-order valence-corrected chi connectivity index (χ2v) is 9.16. The zero-order valence-electron chi connectivity index (χ0n) is 17.7. The average Bonchev–Trinajstić information content (AvgIpc) is 3.26. The van der Waals surface area contributed by atoms with Crippen LogP contribution in [0.2, 0.25) is 5.02 Å². The Hall–Kier alpha value is -2.37. The Morgan fingerprint density at radius 2 is 1.73 bits per heavy atom. The third-order valence-corrected chi connectivity index (χ3v) is 6.57. The van der Waals surface area contributed by atoms with Gasteiger partial charge in [0.25, 0.3) is 5.91 Å². The zero-order chi connectivity index (χ0) is 21.4. The molecule has 2 heterocycles. The highest BCUT2D eigenvalue weighted by atomic mass is 35.5. The molecular weight excluding hydrogens is 398 g/mol. The standard InChI is InChI=1S/C24H28ClN3O2/c1-16-6-4-5-7-20(16)23-21-14-27(24(30)17-8-10-19(25)11-9-17)12-18(21)13-28(23)22(29)15-26(2)3/h4-11,18,21,23H,12-15H2,1-3H3/t18-,21-,23+/m1/s1. The first-order chi connectivity index (χ1) is 14.3. The van der Waals surface area contributed by atoms with Gasteiger partial charge in [0.05, 0.1) is 12.6 Å². The summed E-state index contributed by atoms with van der Waals surface area (Å²) in [7, 11) is 3.84. The van der Waals surface area contributed by atoms with Crippen LogP contribution in [0.25, 0.3) is 0 Å². The molecule has 6 heteroatoms. The van der Waals surface area contributed by atoms with Gasteiger partial charge in [-0.3, -0.25) is 9.59 Å². The molecule has 0 saturated carbocycles. The first kappa shape index (κ1) is 20.9. The number of nitrogens with zero attached hydrogens (tertiary/aromatic N) is 3. The van der Waals surface area contributed by atoms with E-state index in [-0.39, 0.29) is 29.7 Å². The number of benzene rings is 2. The molecule has 5 nitrogen and oxygen atoms in total. The Labute approximate surface area is 183 Å². The number of likely N-dealkylation sites (N-methyl/N-ethyl adjacent to an activating group) is 1. The van der Waals surface area contributed by atoms with Crippen LogP contribution in [0, 0.1) is 18.8 Å². The number of amides is 2. The molecule has 0 bridgehead atoms. The van der Waals surface area contributed by atoms with Crippen molar-refractivity contribution in [2.24, 2.45) is 11.8 Å². The summed E-state index contributed by atoms with van der Waals surface area (Å²) in [5.41, 5.74) is 3.04. The first-order valence-electron chi connectivity index (χ1n) is 10.4. The Morgan fingerprint density at radius 1 is 1.03 bits per heavy atom. The van der Waals surface area contributed by atoms with E-state index < -0.39 is 0 Å². The van der Waals surface area contributed by atoms with Gasteiger partial charge in [0, 0.05) is 42.1 Å². The van der Waals surface area contributed by atoms with E-state index in [0.717, 1.165) is 0 Å². The second-order valence-electron chi connectivity index (χ2n) is 8.73. The molecule has 0 spiro atoms. The van der Waals surface area contributed by atoms with E-state index in [9.17, 15) is 9.59 Å². The van der Waals surface area contributed by atoms with Crippen LogP contribution in [0.15, 0.2) is 48.5 Å². The summed E-state index contributed by atoms with van der Waals surface area (Å²) >= 11 is 5.97. The summed E-state index contributed by atoms with van der Waals surface area (Å²) in [6.07, 6.45) is 0. The van der Waals surface area contributed by atoms with Crippen LogP contribution in [0.3, 0.4) is 0 Å². The lowest BCUT2D eigenvalue weighted by Gasteiger charge is -2.31. The van der Waals surface area contributed by atoms with Crippen molar-refractivity contribution in [3.8, 4) is 0 Å². The van der Waals surface area contributed by atoms with Crippen LogP contribution >= 0.6 is 11.6 Å². The number of aryl methyl sites for hydroxylation is 1. The summed E-state index contributed by atoms with van der Waals surface area (Å²) in [5.74, 6) is 0.722. The van der Waals surface area contributed by atoms with Crippen molar-refractivity contribution in [1.82, 2.24) is 14.7 Å². The minimum Gasteiger partial charge on any atom is -0.338 e. The summed E-state index contributed by atoms with van der Waals surface area (Å²) in [5, 5.41) is 0.625. The molecule has 2 aromatic carbocycles. The minimum atomic E-state index is 0.00617. The van der Waals surface area contributed by atoms with Gasteiger partial charge in [0.1, 0.15) is 0 Å². The molecular formula is C24H28ClN3O2. The number of carbonyl (C=O) groups excluding carboxylic acids is 2. The summed E-state index contributed by atoms with van der Waals surface area (Å²) < 4.78 is 0. The Morgan fingerprint density at radius 3 is 2.40 bits per heavy atom. The highest BCUT2D eigenvalue weighted by Crippen LogP contribution is 2.46. The number of hydrogen-bond donors (Lipinski definition) is 0. The summed E-state index contributed by atoms with van der Waals surface area (Å²) in [6, 6.07) is 15.4. The van der Waals surface area contributed by atoms with Crippen molar-refractivity contribution >= 4 is 23.4 Å². The highest BCUT2D eigenvalue weighted by Gasteiger charge is 2.50. The fourth-order valence-electron chi connectivity index (χ4n) is 4.92. The van der Waals surface area contributed by atoms with Gasteiger partial charge in [0.2, 0.25) is 5.91 Å². The van der Waals surface area contributed by atoms with E-state index >= 15 is 0 Å². The van der Waals surface area contributed by atoms with Crippen LogP contribution in [0.4, 0.5) is 0 Å². The minimum absolute atomic E-state index is 0.00617. The Balaban J connectivity index is 1.60. The molecule has 3 atom stereocenters. The largest absolute Gasteiger partial charge is 0.338 e. The fraction of sp³-hybridized carbons (Fsp3) is 0.417. The normalized spacial score (nSPS) is 23.2. The van der Waals surface area contributed by atoms with Gasteiger partial charge in [-0.25, -0.2) is 0 Å². The van der Waals surface area contributed by atoms with Crippen molar-refractivity contribution in [2.75, 3.05) is 40.3 Å². The van der Waals surface area contributed by atoms with Crippen LogP contribution in [0.1, 0.15) is 27.5 Å². The SMILES string of the molecule is Cc1ccccc1[C@H]1[C@@H]2CN(C(=O)c3ccc(Cl)cc3)C[C@@H]2CN1C(=O)CN(C)C. The lowest BCUT2D eigenvalue weighted by atomic mass is 9.87. The quantitative estimate of drug-likeness (QED) is 0.753. The van der Waals surface area contributed by atoms with Crippen molar-refractivity contribution in [3.63, 3.8) is 0 Å². The highest BCUT2D eigenvalue weighted by molar-refractivity contribution is 6.30. The molecule has 0 unspecified atom stereocenters.